The fourth-order valence-electron chi connectivity index (χ4n) is 1.82. The molecule has 6 heteroatoms. The van der Waals surface area contributed by atoms with Gasteiger partial charge >= 0.3 is 0 Å². The molecular formula is C12H11N5O. The summed E-state index contributed by atoms with van der Waals surface area (Å²) in [6.07, 6.45) is 7.26. The van der Waals surface area contributed by atoms with Gasteiger partial charge in [-0.1, -0.05) is 0 Å². The van der Waals surface area contributed by atoms with Crippen molar-refractivity contribution in [3.8, 4) is 0 Å². The third kappa shape index (κ3) is 1.88. The van der Waals surface area contributed by atoms with E-state index in [0.29, 0.717) is 24.0 Å². The Balaban J connectivity index is 1.93. The lowest BCUT2D eigenvalue weighted by molar-refractivity contribution is 0.655. The van der Waals surface area contributed by atoms with Crippen molar-refractivity contribution in [2.75, 3.05) is 0 Å². The number of rotatable bonds is 3. The normalized spacial score (nSPS) is 10.9. The van der Waals surface area contributed by atoms with Gasteiger partial charge in [0.15, 0.2) is 5.65 Å². The average Bonchev–Trinajstić information content (AvgIpc) is 2.91. The summed E-state index contributed by atoms with van der Waals surface area (Å²) in [7, 11) is 0. The fourth-order valence-corrected chi connectivity index (χ4v) is 1.82. The predicted octanol–water partition coefficient (Wildman–Crippen LogP) is 0.757. The number of H-pyrrole nitrogens is 1. The molecule has 0 aliphatic carbocycles. The van der Waals surface area contributed by atoms with Gasteiger partial charge in [0.2, 0.25) is 0 Å². The largest absolute Gasteiger partial charge is 0.348 e. The third-order valence-corrected chi connectivity index (χ3v) is 2.77. The molecule has 90 valence electrons. The summed E-state index contributed by atoms with van der Waals surface area (Å²) in [6, 6.07) is 3.48. The van der Waals surface area contributed by atoms with Crippen molar-refractivity contribution in [2.45, 2.75) is 13.0 Å². The summed E-state index contributed by atoms with van der Waals surface area (Å²) in [5, 5.41) is 0.546. The Bertz CT molecular complexity index is 717. The summed E-state index contributed by atoms with van der Waals surface area (Å²) >= 11 is 0. The van der Waals surface area contributed by atoms with Crippen LogP contribution in [0.15, 0.2) is 42.0 Å². The van der Waals surface area contributed by atoms with Gasteiger partial charge < -0.3 is 4.98 Å². The van der Waals surface area contributed by atoms with Crippen molar-refractivity contribution in [3.63, 3.8) is 0 Å². The molecule has 0 aromatic carbocycles. The first-order valence-corrected chi connectivity index (χ1v) is 5.62. The monoisotopic (exact) mass is 241 g/mol. The molecule has 0 fully saturated rings. The first-order chi connectivity index (χ1) is 8.84. The quantitative estimate of drug-likeness (QED) is 0.734. The van der Waals surface area contributed by atoms with Crippen molar-refractivity contribution < 1.29 is 0 Å². The number of pyridine rings is 1. The molecule has 1 N–H and O–H groups in total. The van der Waals surface area contributed by atoms with E-state index in [9.17, 15) is 4.79 Å². The van der Waals surface area contributed by atoms with Gasteiger partial charge in [-0.05, 0) is 12.1 Å². The summed E-state index contributed by atoms with van der Waals surface area (Å²) in [6.45, 7) is 0.568. The van der Waals surface area contributed by atoms with Crippen molar-refractivity contribution in [1.29, 1.82) is 0 Å². The van der Waals surface area contributed by atoms with Crippen molar-refractivity contribution in [1.82, 2.24) is 24.5 Å². The number of aromatic nitrogens is 5. The molecule has 0 saturated carbocycles. The molecule has 0 amide bonds. The first kappa shape index (κ1) is 10.6. The second kappa shape index (κ2) is 4.40. The van der Waals surface area contributed by atoms with Crippen molar-refractivity contribution >= 4 is 11.0 Å². The smallest absolute Gasteiger partial charge is 0.262 e. The molecule has 0 unspecified atom stereocenters. The van der Waals surface area contributed by atoms with E-state index in [1.807, 2.05) is 0 Å². The van der Waals surface area contributed by atoms with Gasteiger partial charge in [-0.2, -0.15) is 0 Å². The minimum atomic E-state index is -0.0624. The lowest BCUT2D eigenvalue weighted by Crippen LogP contribution is -2.21. The first-order valence-electron chi connectivity index (χ1n) is 5.62. The maximum absolute atomic E-state index is 12.1. The molecule has 0 spiro atoms. The lowest BCUT2D eigenvalue weighted by atomic mass is 10.3. The molecule has 0 radical (unpaired) electrons. The number of hydrogen-bond acceptors (Lipinski definition) is 4. The van der Waals surface area contributed by atoms with E-state index in [1.165, 1.54) is 6.33 Å². The Labute approximate surface area is 102 Å². The minimum absolute atomic E-state index is 0.0624. The summed E-state index contributed by atoms with van der Waals surface area (Å²) < 4.78 is 1.59. The molecule has 3 rings (SSSR count). The van der Waals surface area contributed by atoms with E-state index >= 15 is 0 Å². The van der Waals surface area contributed by atoms with Crippen LogP contribution in [0.2, 0.25) is 0 Å². The molecule has 3 aromatic rings. The molecule has 0 aliphatic rings. The molecular weight excluding hydrogens is 230 g/mol. The van der Waals surface area contributed by atoms with Gasteiger partial charge in [-0.3, -0.25) is 9.36 Å². The maximum atomic E-state index is 12.1. The van der Waals surface area contributed by atoms with Crippen LogP contribution in [0.25, 0.3) is 11.0 Å². The lowest BCUT2D eigenvalue weighted by Gasteiger charge is -2.04. The van der Waals surface area contributed by atoms with Crippen LogP contribution < -0.4 is 5.56 Å². The second-order valence-corrected chi connectivity index (χ2v) is 3.94. The Morgan fingerprint density at radius 1 is 1.33 bits per heavy atom. The van der Waals surface area contributed by atoms with Crippen molar-refractivity contribution in [3.05, 3.63) is 53.2 Å². The van der Waals surface area contributed by atoms with E-state index in [0.717, 1.165) is 5.69 Å². The number of fused-ring (bicyclic) bond motifs is 1. The average molecular weight is 241 g/mol. The SMILES string of the molecule is O=c1c2cccnc2ncn1CCc1cnc[nH]1. The van der Waals surface area contributed by atoms with E-state index in [-0.39, 0.29) is 5.56 Å². The van der Waals surface area contributed by atoms with Gasteiger partial charge in [0.1, 0.15) is 0 Å². The molecule has 3 heterocycles. The highest BCUT2D eigenvalue weighted by Gasteiger charge is 2.04. The molecule has 6 nitrogen and oxygen atoms in total. The van der Waals surface area contributed by atoms with Crippen molar-refractivity contribution in [2.24, 2.45) is 0 Å². The Hall–Kier alpha value is -2.50. The molecule has 0 atom stereocenters. The Morgan fingerprint density at radius 3 is 3.11 bits per heavy atom. The van der Waals surface area contributed by atoms with Gasteiger partial charge in [-0.25, -0.2) is 15.0 Å². The van der Waals surface area contributed by atoms with E-state index in [1.54, 1.807) is 35.4 Å². The van der Waals surface area contributed by atoms with Crippen LogP contribution in [0.3, 0.4) is 0 Å². The highest BCUT2D eigenvalue weighted by atomic mass is 16.1. The van der Waals surface area contributed by atoms with E-state index in [4.69, 9.17) is 0 Å². The number of imidazole rings is 1. The van der Waals surface area contributed by atoms with E-state index in [2.05, 4.69) is 19.9 Å². The molecule has 3 aromatic heterocycles. The third-order valence-electron chi connectivity index (χ3n) is 2.77. The Kier molecular flexibility index (Phi) is 2.60. The number of hydrogen-bond donors (Lipinski definition) is 1. The van der Waals surface area contributed by atoms with Gasteiger partial charge in [0, 0.05) is 31.1 Å². The highest BCUT2D eigenvalue weighted by molar-refractivity contribution is 5.72. The molecule has 0 aliphatic heterocycles. The van der Waals surface area contributed by atoms with Crippen LogP contribution in [-0.2, 0) is 13.0 Å². The molecule has 0 bridgehead atoms. The van der Waals surface area contributed by atoms with Crippen LogP contribution in [0.1, 0.15) is 5.69 Å². The summed E-state index contributed by atoms with van der Waals surface area (Å²) in [5.41, 5.74) is 1.42. The highest BCUT2D eigenvalue weighted by Crippen LogP contribution is 2.01. The molecule has 18 heavy (non-hydrogen) atoms. The molecule has 0 saturated heterocycles. The van der Waals surface area contributed by atoms with Crippen LogP contribution in [0, 0.1) is 0 Å². The van der Waals surface area contributed by atoms with Gasteiger partial charge in [0.25, 0.3) is 5.56 Å². The van der Waals surface area contributed by atoms with Crippen LogP contribution in [0.4, 0.5) is 0 Å². The predicted molar refractivity (Wildman–Crippen MR) is 66.1 cm³/mol. The topological polar surface area (TPSA) is 76.5 Å². The van der Waals surface area contributed by atoms with E-state index < -0.39 is 0 Å². The van der Waals surface area contributed by atoms with Gasteiger partial charge in [-0.15, -0.1) is 0 Å². The standard InChI is InChI=1S/C12H11N5O/c18-12-10-2-1-4-14-11(10)16-8-17(12)5-3-9-6-13-7-15-9/h1-2,4,6-8H,3,5H2,(H,13,15). The van der Waals surface area contributed by atoms with Gasteiger partial charge in [0.05, 0.1) is 18.0 Å². The summed E-state index contributed by atoms with van der Waals surface area (Å²) in [5.74, 6) is 0. The fraction of sp³-hybridized carbons (Fsp3) is 0.167. The Morgan fingerprint density at radius 2 is 2.28 bits per heavy atom. The number of aromatic amines is 1. The van der Waals surface area contributed by atoms with Crippen LogP contribution in [0.5, 0.6) is 0 Å². The zero-order chi connectivity index (χ0) is 12.4. The minimum Gasteiger partial charge on any atom is -0.348 e. The van der Waals surface area contributed by atoms with Crippen LogP contribution in [-0.4, -0.2) is 24.5 Å². The zero-order valence-electron chi connectivity index (χ0n) is 9.58. The zero-order valence-corrected chi connectivity index (χ0v) is 9.58. The second-order valence-electron chi connectivity index (χ2n) is 3.94. The number of aryl methyl sites for hydroxylation is 2. The maximum Gasteiger partial charge on any atom is 0.262 e. The summed E-state index contributed by atoms with van der Waals surface area (Å²) in [4.78, 5) is 27.3. The number of nitrogens with zero attached hydrogens (tertiary/aromatic N) is 4. The number of nitrogens with one attached hydrogen (secondary N) is 1. The van der Waals surface area contributed by atoms with Crippen LogP contribution >= 0.6 is 0 Å².